The Morgan fingerprint density at radius 2 is 0.712 bits per heavy atom. The molecule has 2 unspecified atom stereocenters. The molecule has 0 saturated heterocycles. The molecule has 1 amide bonds. The Hall–Kier alpha value is -1.66. The average molecular weight is 931 g/mol. The molecule has 0 rings (SSSR count). The first kappa shape index (κ1) is 64.3. The van der Waals surface area contributed by atoms with E-state index in [1.807, 2.05) is 6.08 Å². The van der Waals surface area contributed by atoms with Gasteiger partial charge in [-0.2, -0.15) is 0 Å². The van der Waals surface area contributed by atoms with Gasteiger partial charge >= 0.3 is 5.97 Å². The molecular formula is C60H115NO5. The fourth-order valence-corrected chi connectivity index (χ4v) is 9.16. The van der Waals surface area contributed by atoms with Crippen LogP contribution in [0, 0.1) is 0 Å². The van der Waals surface area contributed by atoms with Crippen LogP contribution >= 0.6 is 0 Å². The van der Waals surface area contributed by atoms with Crippen LogP contribution in [0.4, 0.5) is 0 Å². The van der Waals surface area contributed by atoms with Crippen molar-refractivity contribution in [3.8, 4) is 0 Å². The summed E-state index contributed by atoms with van der Waals surface area (Å²) in [5.41, 5.74) is 0. The number of hydrogen-bond donors (Lipinski definition) is 3. The fourth-order valence-electron chi connectivity index (χ4n) is 9.16. The standard InChI is InChI=1S/C60H115NO5/c1-3-5-7-9-11-13-15-17-18-26-30-34-38-42-46-50-54-60(65)66-55-51-47-43-39-35-31-27-24-22-20-19-21-23-25-29-33-37-41-45-49-53-59(64)61-57(56-62)58(63)52-48-44-40-36-32-28-16-14-12-10-8-6-4-2/h18,26,48,52,57-58,62-63H,3-17,19-25,27-47,49-51,53-56H2,1-2H3,(H,61,64)/b26-18-,52-48+. The van der Waals surface area contributed by atoms with Crippen molar-refractivity contribution in [2.24, 2.45) is 0 Å². The van der Waals surface area contributed by atoms with Crippen LogP contribution in [0.1, 0.15) is 322 Å². The maximum absolute atomic E-state index is 12.4. The number of allylic oxidation sites excluding steroid dienone is 3. The first-order valence-electron chi connectivity index (χ1n) is 29.6. The molecule has 0 spiro atoms. The number of aliphatic hydroxyl groups excluding tert-OH is 2. The van der Waals surface area contributed by atoms with Crippen molar-refractivity contribution in [3.63, 3.8) is 0 Å². The molecule has 0 radical (unpaired) electrons. The van der Waals surface area contributed by atoms with E-state index in [0.717, 1.165) is 44.9 Å². The molecule has 0 heterocycles. The highest BCUT2D eigenvalue weighted by molar-refractivity contribution is 5.76. The van der Waals surface area contributed by atoms with Gasteiger partial charge in [0.25, 0.3) is 0 Å². The summed E-state index contributed by atoms with van der Waals surface area (Å²) < 4.78 is 5.48. The van der Waals surface area contributed by atoms with Gasteiger partial charge in [0.05, 0.1) is 25.4 Å². The molecule has 0 fully saturated rings. The second-order valence-electron chi connectivity index (χ2n) is 20.3. The Kier molecular flexibility index (Phi) is 54.5. The zero-order valence-electron chi connectivity index (χ0n) is 44.4. The SMILES string of the molecule is CCCCCCCCC/C=C\CCCCCCCC(=O)OCCCCCCCCCCCCCCCCCCCCCCC(=O)NC(CO)C(O)/C=C/CCCCCCCCCCCCC. The number of esters is 1. The molecule has 0 aliphatic heterocycles. The predicted octanol–water partition coefficient (Wildman–Crippen LogP) is 18.2. The molecule has 390 valence electrons. The molecule has 6 heteroatoms. The number of unbranched alkanes of at least 4 members (excludes halogenated alkanes) is 42. The van der Waals surface area contributed by atoms with Gasteiger partial charge in [-0.25, -0.2) is 0 Å². The van der Waals surface area contributed by atoms with Gasteiger partial charge < -0.3 is 20.3 Å². The van der Waals surface area contributed by atoms with Crippen LogP contribution in [0.3, 0.4) is 0 Å². The molecule has 0 aromatic heterocycles. The van der Waals surface area contributed by atoms with Gasteiger partial charge in [-0.1, -0.05) is 276 Å². The van der Waals surface area contributed by atoms with Crippen LogP contribution in [0.15, 0.2) is 24.3 Å². The second kappa shape index (κ2) is 55.9. The number of aliphatic hydroxyl groups is 2. The van der Waals surface area contributed by atoms with E-state index in [1.54, 1.807) is 6.08 Å². The smallest absolute Gasteiger partial charge is 0.305 e. The van der Waals surface area contributed by atoms with Crippen LogP contribution in [0.25, 0.3) is 0 Å². The van der Waals surface area contributed by atoms with Crippen LogP contribution in [-0.4, -0.2) is 47.4 Å². The van der Waals surface area contributed by atoms with Crippen LogP contribution in [-0.2, 0) is 14.3 Å². The largest absolute Gasteiger partial charge is 0.466 e. The number of carbonyl (C=O) groups excluding carboxylic acids is 2. The van der Waals surface area contributed by atoms with Gasteiger partial charge in [-0.05, 0) is 57.8 Å². The summed E-state index contributed by atoms with van der Waals surface area (Å²) in [6.45, 7) is 4.90. The third-order valence-electron chi connectivity index (χ3n) is 13.7. The van der Waals surface area contributed by atoms with E-state index in [2.05, 4.69) is 31.3 Å². The van der Waals surface area contributed by atoms with Gasteiger partial charge in [-0.3, -0.25) is 9.59 Å². The lowest BCUT2D eigenvalue weighted by atomic mass is 10.0. The lowest BCUT2D eigenvalue weighted by Gasteiger charge is -2.20. The molecule has 0 aromatic rings. The summed E-state index contributed by atoms with van der Waals surface area (Å²) in [5.74, 6) is -0.0668. The van der Waals surface area contributed by atoms with Crippen LogP contribution < -0.4 is 5.32 Å². The number of ether oxygens (including phenoxy) is 1. The van der Waals surface area contributed by atoms with E-state index >= 15 is 0 Å². The number of rotatable bonds is 55. The molecule has 0 aromatic carbocycles. The topological polar surface area (TPSA) is 95.9 Å². The fraction of sp³-hybridized carbons (Fsp3) is 0.900. The molecule has 6 nitrogen and oxygen atoms in total. The third-order valence-corrected chi connectivity index (χ3v) is 13.7. The normalized spacial score (nSPS) is 12.7. The van der Waals surface area contributed by atoms with E-state index in [1.165, 1.54) is 250 Å². The van der Waals surface area contributed by atoms with Crippen molar-refractivity contribution in [1.29, 1.82) is 0 Å². The van der Waals surface area contributed by atoms with Crippen molar-refractivity contribution < 1.29 is 24.5 Å². The van der Waals surface area contributed by atoms with Crippen molar-refractivity contribution in [2.45, 2.75) is 334 Å². The number of amides is 1. The first-order valence-corrected chi connectivity index (χ1v) is 29.6. The van der Waals surface area contributed by atoms with E-state index in [0.29, 0.717) is 19.4 Å². The molecule has 0 aliphatic carbocycles. The highest BCUT2D eigenvalue weighted by atomic mass is 16.5. The molecule has 2 atom stereocenters. The lowest BCUT2D eigenvalue weighted by Crippen LogP contribution is -2.45. The average Bonchev–Trinajstić information content (AvgIpc) is 3.32. The summed E-state index contributed by atoms with van der Waals surface area (Å²) >= 11 is 0. The molecule has 66 heavy (non-hydrogen) atoms. The first-order chi connectivity index (χ1) is 32.5. The molecular weight excluding hydrogens is 815 g/mol. The van der Waals surface area contributed by atoms with E-state index in [-0.39, 0.29) is 18.5 Å². The van der Waals surface area contributed by atoms with Crippen molar-refractivity contribution >= 4 is 11.9 Å². The summed E-state index contributed by atoms with van der Waals surface area (Å²) in [5, 5.41) is 23.1. The van der Waals surface area contributed by atoms with E-state index < -0.39 is 12.1 Å². The highest BCUT2D eigenvalue weighted by Gasteiger charge is 2.18. The molecule has 3 N–H and O–H groups in total. The van der Waals surface area contributed by atoms with Crippen LogP contribution in [0.5, 0.6) is 0 Å². The molecule has 0 aliphatic rings. The second-order valence-corrected chi connectivity index (χ2v) is 20.3. The minimum atomic E-state index is -0.845. The number of nitrogens with one attached hydrogen (secondary N) is 1. The van der Waals surface area contributed by atoms with Gasteiger partial charge in [0.1, 0.15) is 0 Å². The maximum atomic E-state index is 12.4. The lowest BCUT2D eigenvalue weighted by molar-refractivity contribution is -0.143. The minimum absolute atomic E-state index is 0.00267. The Labute approximate surface area is 411 Å². The molecule has 0 bridgehead atoms. The monoisotopic (exact) mass is 930 g/mol. The van der Waals surface area contributed by atoms with Crippen LogP contribution in [0.2, 0.25) is 0 Å². The quantitative estimate of drug-likeness (QED) is 0.0321. The summed E-state index contributed by atoms with van der Waals surface area (Å²) in [6.07, 6.45) is 67.7. The van der Waals surface area contributed by atoms with E-state index in [9.17, 15) is 19.8 Å². The summed E-state index contributed by atoms with van der Waals surface area (Å²) in [4.78, 5) is 24.5. The Morgan fingerprint density at radius 1 is 0.409 bits per heavy atom. The number of hydrogen-bond acceptors (Lipinski definition) is 5. The minimum Gasteiger partial charge on any atom is -0.466 e. The van der Waals surface area contributed by atoms with Crippen molar-refractivity contribution in [3.05, 3.63) is 24.3 Å². The highest BCUT2D eigenvalue weighted by Crippen LogP contribution is 2.17. The van der Waals surface area contributed by atoms with Gasteiger partial charge in [0.15, 0.2) is 0 Å². The van der Waals surface area contributed by atoms with E-state index in [4.69, 9.17) is 4.74 Å². The maximum Gasteiger partial charge on any atom is 0.305 e. The van der Waals surface area contributed by atoms with Crippen molar-refractivity contribution in [2.75, 3.05) is 13.2 Å². The van der Waals surface area contributed by atoms with Gasteiger partial charge in [0, 0.05) is 12.8 Å². The molecule has 0 saturated carbocycles. The Bertz CT molecular complexity index is 1030. The van der Waals surface area contributed by atoms with Gasteiger partial charge in [-0.15, -0.1) is 0 Å². The van der Waals surface area contributed by atoms with Gasteiger partial charge in [0.2, 0.25) is 5.91 Å². The Morgan fingerprint density at radius 3 is 1.08 bits per heavy atom. The number of carbonyl (C=O) groups is 2. The summed E-state index contributed by atoms with van der Waals surface area (Å²) in [6, 6.07) is -0.628. The zero-order chi connectivity index (χ0) is 47.9. The zero-order valence-corrected chi connectivity index (χ0v) is 44.4. The van der Waals surface area contributed by atoms with Crippen molar-refractivity contribution in [1.82, 2.24) is 5.32 Å². The Balaban J connectivity index is 3.40. The predicted molar refractivity (Wildman–Crippen MR) is 287 cm³/mol. The third kappa shape index (κ3) is 51.7. The summed E-state index contributed by atoms with van der Waals surface area (Å²) in [7, 11) is 0.